The molecule has 184 valence electrons. The van der Waals surface area contributed by atoms with Gasteiger partial charge in [0.1, 0.15) is 5.60 Å². The Morgan fingerprint density at radius 2 is 1.81 bits per heavy atom. The van der Waals surface area contributed by atoms with E-state index in [1.165, 1.54) is 0 Å². The van der Waals surface area contributed by atoms with E-state index in [1.807, 2.05) is 27.7 Å². The van der Waals surface area contributed by atoms with Gasteiger partial charge in [-0.3, -0.25) is 4.99 Å². The van der Waals surface area contributed by atoms with Crippen LogP contribution >= 0.6 is 24.0 Å². The summed E-state index contributed by atoms with van der Waals surface area (Å²) in [5.74, 6) is 1.38. The zero-order valence-corrected chi connectivity index (χ0v) is 23.1. The molecule has 0 atom stereocenters. The normalized spacial score (nSPS) is 15.9. The molecule has 0 bridgehead atoms. The van der Waals surface area contributed by atoms with Gasteiger partial charge >= 0.3 is 6.09 Å². The Labute approximate surface area is 205 Å². The van der Waals surface area contributed by atoms with Gasteiger partial charge in [-0.15, -0.1) is 24.0 Å². The lowest BCUT2D eigenvalue weighted by Gasteiger charge is -2.36. The summed E-state index contributed by atoms with van der Waals surface area (Å²) >= 11 is 0. The van der Waals surface area contributed by atoms with Crippen molar-refractivity contribution in [2.45, 2.75) is 59.5 Å². The van der Waals surface area contributed by atoms with E-state index in [2.05, 4.69) is 19.9 Å². The van der Waals surface area contributed by atoms with Gasteiger partial charge in [0.15, 0.2) is 5.96 Å². The molecule has 1 heterocycles. The van der Waals surface area contributed by atoms with Crippen LogP contribution in [0.5, 0.6) is 0 Å². The molecule has 0 radical (unpaired) electrons. The quantitative estimate of drug-likeness (QED) is 0.190. The Hall–Kier alpha value is -0.820. The lowest BCUT2D eigenvalue weighted by atomic mass is 9.96. The highest BCUT2D eigenvalue weighted by atomic mass is 127. The maximum atomic E-state index is 12.4. The molecule has 1 aliphatic rings. The van der Waals surface area contributed by atoms with Gasteiger partial charge in [-0.05, 0) is 59.8 Å². The van der Waals surface area contributed by atoms with E-state index in [9.17, 15) is 13.2 Å². The van der Waals surface area contributed by atoms with E-state index >= 15 is 0 Å². The number of aliphatic imine (C=N–C) groups is 1. The minimum absolute atomic E-state index is 0. The smallest absolute Gasteiger partial charge is 0.410 e. The number of carbonyl (C=O) groups excluding carboxylic acids is 1. The van der Waals surface area contributed by atoms with Crippen LogP contribution in [0.3, 0.4) is 0 Å². The maximum Gasteiger partial charge on any atom is 0.410 e. The van der Waals surface area contributed by atoms with Crippen LogP contribution in [0.15, 0.2) is 4.99 Å². The third kappa shape index (κ3) is 12.1. The monoisotopic (exact) mass is 575 g/mol. The van der Waals surface area contributed by atoms with Crippen molar-refractivity contribution in [3.63, 3.8) is 0 Å². The summed E-state index contributed by atoms with van der Waals surface area (Å²) in [6.07, 6.45) is 2.41. The lowest BCUT2D eigenvalue weighted by Crippen LogP contribution is -2.48. The van der Waals surface area contributed by atoms with Gasteiger partial charge < -0.3 is 19.9 Å². The molecule has 11 heteroatoms. The largest absolute Gasteiger partial charge is 0.444 e. The molecule has 0 saturated carbocycles. The van der Waals surface area contributed by atoms with Gasteiger partial charge in [0, 0.05) is 46.3 Å². The summed E-state index contributed by atoms with van der Waals surface area (Å²) < 4.78 is 31.0. The molecule has 0 spiro atoms. The number of halogens is 1. The predicted octanol–water partition coefficient (Wildman–Crippen LogP) is 2.48. The number of ether oxygens (including phenoxy) is 1. The van der Waals surface area contributed by atoms with Gasteiger partial charge in [-0.1, -0.05) is 0 Å². The first-order valence-electron chi connectivity index (χ1n) is 10.9. The second kappa shape index (κ2) is 14.4. The molecule has 31 heavy (non-hydrogen) atoms. The van der Waals surface area contributed by atoms with E-state index in [1.54, 1.807) is 18.9 Å². The number of amides is 1. The van der Waals surface area contributed by atoms with E-state index in [0.717, 1.165) is 31.9 Å². The van der Waals surface area contributed by atoms with E-state index in [4.69, 9.17) is 4.74 Å². The Bertz CT molecular complexity index is 659. The molecule has 1 fully saturated rings. The summed E-state index contributed by atoms with van der Waals surface area (Å²) in [6, 6.07) is 0. The van der Waals surface area contributed by atoms with Gasteiger partial charge in [-0.2, -0.15) is 0 Å². The maximum absolute atomic E-state index is 12.4. The number of nitrogens with one attached hydrogen (secondary N) is 2. The molecule has 0 aromatic heterocycles. The van der Waals surface area contributed by atoms with Crippen molar-refractivity contribution in [3.05, 3.63) is 0 Å². The Kier molecular flexibility index (Phi) is 14.0. The van der Waals surface area contributed by atoms with Gasteiger partial charge in [0.25, 0.3) is 0 Å². The summed E-state index contributed by atoms with van der Waals surface area (Å²) in [4.78, 5) is 20.7. The number of rotatable bonds is 9. The number of likely N-dealkylation sites (tertiary alicyclic amines) is 1. The first kappa shape index (κ1) is 30.2. The molecule has 9 nitrogen and oxygen atoms in total. The van der Waals surface area contributed by atoms with Crippen LogP contribution < -0.4 is 10.0 Å². The number of guanidine groups is 1. The molecular formula is C20H42IN5O4S. The number of nitrogens with zero attached hydrogens (tertiary/aromatic N) is 3. The van der Waals surface area contributed by atoms with Crippen molar-refractivity contribution in [1.82, 2.24) is 19.8 Å². The Morgan fingerprint density at radius 3 is 2.29 bits per heavy atom. The number of hydrogen-bond acceptors (Lipinski definition) is 5. The zero-order valence-electron chi connectivity index (χ0n) is 19.9. The first-order valence-corrected chi connectivity index (χ1v) is 12.6. The lowest BCUT2D eigenvalue weighted by molar-refractivity contribution is 0.0214. The van der Waals surface area contributed by atoms with E-state index in [0.29, 0.717) is 38.5 Å². The number of carbonyl (C=O) groups is 1. The molecule has 0 aromatic rings. The van der Waals surface area contributed by atoms with E-state index < -0.39 is 15.6 Å². The van der Waals surface area contributed by atoms with Crippen molar-refractivity contribution in [1.29, 1.82) is 0 Å². The highest BCUT2D eigenvalue weighted by Crippen LogP contribution is 2.20. The average Bonchev–Trinajstić information content (AvgIpc) is 2.68. The second-order valence-corrected chi connectivity index (χ2v) is 10.7. The Balaban J connectivity index is 0.00000900. The van der Waals surface area contributed by atoms with Gasteiger partial charge in [-0.25, -0.2) is 17.9 Å². The predicted molar refractivity (Wildman–Crippen MR) is 137 cm³/mol. The molecule has 1 aliphatic heterocycles. The third-order valence-electron chi connectivity index (χ3n) is 4.98. The fraction of sp³-hybridized carbons (Fsp3) is 0.900. The van der Waals surface area contributed by atoms with Crippen molar-refractivity contribution in [3.8, 4) is 0 Å². The summed E-state index contributed by atoms with van der Waals surface area (Å²) in [6.45, 7) is 13.4. The van der Waals surface area contributed by atoms with Crippen LogP contribution in [0.25, 0.3) is 0 Å². The molecule has 2 N–H and O–H groups in total. The summed E-state index contributed by atoms with van der Waals surface area (Å²) in [5.41, 5.74) is -0.484. The summed E-state index contributed by atoms with van der Waals surface area (Å²) in [5, 5.41) is 3.31. The van der Waals surface area contributed by atoms with Gasteiger partial charge in [0.2, 0.25) is 10.0 Å². The average molecular weight is 576 g/mol. The van der Waals surface area contributed by atoms with Gasteiger partial charge in [0.05, 0.1) is 5.75 Å². The van der Waals surface area contributed by atoms with Crippen molar-refractivity contribution in [2.24, 2.45) is 10.9 Å². The molecule has 0 aromatic carbocycles. The molecular weight excluding hydrogens is 533 g/mol. The van der Waals surface area contributed by atoms with Crippen LogP contribution in [0.2, 0.25) is 0 Å². The first-order chi connectivity index (χ1) is 14.0. The van der Waals surface area contributed by atoms with Crippen molar-refractivity contribution in [2.75, 3.05) is 52.1 Å². The second-order valence-electron chi connectivity index (χ2n) is 8.57. The molecule has 1 saturated heterocycles. The standard InChI is InChI=1S/C20H41N5O4S.HI/c1-7-24(19(26)29-20(3,4)5)16-17-10-14-25(15-11-17)18(21-6)22-12-9-13-23-30(27,28)8-2;/h17,23H,7-16H2,1-6H3,(H,21,22);1H. The van der Waals surface area contributed by atoms with Crippen LogP contribution in [0.4, 0.5) is 4.79 Å². The molecule has 0 unspecified atom stereocenters. The fourth-order valence-corrected chi connectivity index (χ4v) is 3.91. The van der Waals surface area contributed by atoms with Crippen LogP contribution in [-0.2, 0) is 14.8 Å². The topological polar surface area (TPSA) is 103 Å². The third-order valence-corrected chi connectivity index (χ3v) is 6.38. The minimum atomic E-state index is -3.14. The number of hydrogen-bond donors (Lipinski definition) is 2. The highest BCUT2D eigenvalue weighted by Gasteiger charge is 2.27. The number of piperidine rings is 1. The fourth-order valence-electron chi connectivity index (χ4n) is 3.25. The summed E-state index contributed by atoms with van der Waals surface area (Å²) in [7, 11) is -1.38. The molecule has 1 amide bonds. The highest BCUT2D eigenvalue weighted by molar-refractivity contribution is 14.0. The van der Waals surface area contributed by atoms with Crippen molar-refractivity contribution < 1.29 is 17.9 Å². The van der Waals surface area contributed by atoms with Crippen LogP contribution in [0, 0.1) is 5.92 Å². The Morgan fingerprint density at radius 1 is 1.19 bits per heavy atom. The van der Waals surface area contributed by atoms with Crippen LogP contribution in [-0.4, -0.2) is 87.9 Å². The van der Waals surface area contributed by atoms with E-state index in [-0.39, 0.29) is 35.8 Å². The van der Waals surface area contributed by atoms with Crippen LogP contribution in [0.1, 0.15) is 53.9 Å². The number of sulfonamides is 1. The minimum Gasteiger partial charge on any atom is -0.444 e. The zero-order chi connectivity index (χ0) is 22.8. The van der Waals surface area contributed by atoms with Crippen molar-refractivity contribution >= 4 is 46.1 Å². The molecule has 0 aliphatic carbocycles. The SMILES string of the molecule is CCN(CC1CCN(C(=NC)NCCCNS(=O)(=O)CC)CC1)C(=O)OC(C)(C)C.I. The molecule has 1 rings (SSSR count).